The Morgan fingerprint density at radius 1 is 1.30 bits per heavy atom. The van der Waals surface area contributed by atoms with Gasteiger partial charge in [-0.2, -0.15) is 5.10 Å². The minimum Gasteiger partial charge on any atom is -0.359 e. The summed E-state index contributed by atoms with van der Waals surface area (Å²) in [6.07, 6.45) is 1.41. The van der Waals surface area contributed by atoms with Crippen molar-refractivity contribution in [3.63, 3.8) is 0 Å². The van der Waals surface area contributed by atoms with Gasteiger partial charge in [-0.05, 0) is 40.8 Å². The molecule has 116 valence electrons. The molecule has 1 N–H and O–H groups in total. The number of hydrogen-bond donors (Lipinski definition) is 1. The van der Waals surface area contributed by atoms with E-state index in [2.05, 4.69) is 20.3 Å². The average Bonchev–Trinajstić information content (AvgIpc) is 2.88. The van der Waals surface area contributed by atoms with Gasteiger partial charge < -0.3 is 5.21 Å². The van der Waals surface area contributed by atoms with E-state index < -0.39 is 5.91 Å². The highest BCUT2D eigenvalue weighted by molar-refractivity contribution is 6.36. The lowest BCUT2D eigenvalue weighted by Crippen LogP contribution is -2.22. The number of nitrogens with one attached hydrogen (secondary N) is 1. The Kier molecular flexibility index (Phi) is 4.14. The van der Waals surface area contributed by atoms with Crippen molar-refractivity contribution in [3.05, 3.63) is 62.8 Å². The number of carbonyl (C=O) groups is 1. The van der Waals surface area contributed by atoms with E-state index in [-0.39, 0.29) is 10.6 Å². The number of hydrazone groups is 1. The fourth-order valence-electron chi connectivity index (χ4n) is 1.87. The lowest BCUT2D eigenvalue weighted by molar-refractivity contribution is -0.782. The van der Waals surface area contributed by atoms with Crippen LogP contribution < -0.4 is 10.3 Å². The second-order valence-electron chi connectivity index (χ2n) is 4.50. The molecule has 0 radical (unpaired) electrons. The largest absolute Gasteiger partial charge is 0.359 e. The standard InChI is InChI=1S/C14H8Cl2N4O3/c15-9-2-3-10(11(16)6-9)14(21)18-17-7-8-1-4-13-12(5-8)19-23-20(13)22/h1-7H,(H,18,21)/b17-7+. The molecule has 1 heterocycles. The van der Waals surface area contributed by atoms with Crippen molar-refractivity contribution in [2.45, 2.75) is 0 Å². The zero-order valence-electron chi connectivity index (χ0n) is 11.4. The number of hydrogen-bond acceptors (Lipinski definition) is 5. The number of rotatable bonds is 3. The van der Waals surface area contributed by atoms with Gasteiger partial charge in [0, 0.05) is 16.2 Å². The van der Waals surface area contributed by atoms with Crippen molar-refractivity contribution in [3.8, 4) is 0 Å². The molecule has 9 heteroatoms. The van der Waals surface area contributed by atoms with Crippen LogP contribution >= 0.6 is 23.2 Å². The van der Waals surface area contributed by atoms with Gasteiger partial charge in [0.1, 0.15) is 0 Å². The molecule has 0 saturated heterocycles. The van der Waals surface area contributed by atoms with Gasteiger partial charge in [-0.15, -0.1) is 0 Å². The quantitative estimate of drug-likeness (QED) is 0.446. The Hall–Kier alpha value is -2.64. The van der Waals surface area contributed by atoms with Gasteiger partial charge >= 0.3 is 0 Å². The van der Waals surface area contributed by atoms with Crippen LogP contribution in [0, 0.1) is 5.21 Å². The topological polar surface area (TPSA) is 94.4 Å². The molecule has 0 spiro atoms. The molecule has 0 aliphatic carbocycles. The maximum atomic E-state index is 12.0. The highest BCUT2D eigenvalue weighted by Crippen LogP contribution is 2.20. The lowest BCUT2D eigenvalue weighted by Gasteiger charge is -2.02. The van der Waals surface area contributed by atoms with Crippen LogP contribution in [-0.4, -0.2) is 17.3 Å². The third-order valence-corrected chi connectivity index (χ3v) is 3.51. The van der Waals surface area contributed by atoms with E-state index in [1.165, 1.54) is 24.4 Å². The second-order valence-corrected chi connectivity index (χ2v) is 5.35. The third kappa shape index (κ3) is 3.25. The smallest absolute Gasteiger partial charge is 0.272 e. The van der Waals surface area contributed by atoms with Crippen LogP contribution in [0.1, 0.15) is 15.9 Å². The van der Waals surface area contributed by atoms with Crippen LogP contribution in [0.25, 0.3) is 11.0 Å². The highest BCUT2D eigenvalue weighted by atomic mass is 35.5. The van der Waals surface area contributed by atoms with Gasteiger partial charge in [-0.1, -0.05) is 23.2 Å². The summed E-state index contributed by atoms with van der Waals surface area (Å²) in [7, 11) is 0. The number of amides is 1. The summed E-state index contributed by atoms with van der Waals surface area (Å²) in [4.78, 5) is 12.3. The number of benzene rings is 2. The molecule has 0 fully saturated rings. The SMILES string of the molecule is O=C(N/N=C/c1ccc2c(c1)no[n+]2[O-])c1ccc(Cl)cc1Cl. The number of nitrogens with zero attached hydrogens (tertiary/aromatic N) is 3. The molecule has 0 unspecified atom stereocenters. The maximum Gasteiger partial charge on any atom is 0.272 e. The Bertz CT molecular complexity index is 924. The van der Waals surface area contributed by atoms with E-state index in [1.54, 1.807) is 18.2 Å². The first-order valence-electron chi connectivity index (χ1n) is 6.32. The molecule has 0 saturated carbocycles. The molecule has 2 aromatic carbocycles. The van der Waals surface area contributed by atoms with Crippen molar-refractivity contribution in [1.82, 2.24) is 10.6 Å². The molecule has 23 heavy (non-hydrogen) atoms. The fourth-order valence-corrected chi connectivity index (χ4v) is 2.37. The van der Waals surface area contributed by atoms with Gasteiger partial charge in [0.05, 0.1) is 16.8 Å². The Labute approximate surface area is 139 Å². The molecule has 1 amide bonds. The van der Waals surface area contributed by atoms with Crippen LogP contribution in [0.2, 0.25) is 10.0 Å². The third-order valence-electron chi connectivity index (χ3n) is 2.96. The Morgan fingerprint density at radius 2 is 2.13 bits per heavy atom. The molecular weight excluding hydrogens is 343 g/mol. The maximum absolute atomic E-state index is 12.0. The number of halogens is 2. The Balaban J connectivity index is 1.73. The van der Waals surface area contributed by atoms with E-state index in [0.29, 0.717) is 26.5 Å². The summed E-state index contributed by atoms with van der Waals surface area (Å²) < 4.78 is 4.46. The minimum absolute atomic E-state index is 0.231. The molecule has 3 aromatic rings. The highest BCUT2D eigenvalue weighted by Gasteiger charge is 2.10. The van der Waals surface area contributed by atoms with Crippen molar-refractivity contribution in [2.75, 3.05) is 0 Å². The zero-order chi connectivity index (χ0) is 16.4. The number of fused-ring (bicyclic) bond motifs is 1. The molecular formula is C14H8Cl2N4O3. The van der Waals surface area contributed by atoms with Gasteiger partial charge in [-0.25, -0.2) is 5.43 Å². The van der Waals surface area contributed by atoms with Gasteiger partial charge in [0.25, 0.3) is 5.91 Å². The molecule has 0 bridgehead atoms. The molecule has 3 rings (SSSR count). The van der Waals surface area contributed by atoms with Crippen LogP contribution in [-0.2, 0) is 0 Å². The van der Waals surface area contributed by atoms with Gasteiger partial charge in [-0.3, -0.25) is 9.42 Å². The van der Waals surface area contributed by atoms with E-state index in [4.69, 9.17) is 23.2 Å². The number of aromatic nitrogens is 2. The minimum atomic E-state index is -0.470. The van der Waals surface area contributed by atoms with Crippen LogP contribution in [0.5, 0.6) is 0 Å². The fraction of sp³-hybridized carbons (Fsp3) is 0. The first-order chi connectivity index (χ1) is 11.0. The van der Waals surface area contributed by atoms with Crippen molar-refractivity contribution in [2.24, 2.45) is 5.10 Å². The van der Waals surface area contributed by atoms with Gasteiger partial charge in [0.2, 0.25) is 11.0 Å². The summed E-state index contributed by atoms with van der Waals surface area (Å²) in [5, 5.41) is 19.3. The summed E-state index contributed by atoms with van der Waals surface area (Å²) in [6, 6.07) is 9.31. The van der Waals surface area contributed by atoms with Crippen molar-refractivity contribution < 1.29 is 14.3 Å². The molecule has 1 aromatic heterocycles. The van der Waals surface area contributed by atoms with E-state index in [9.17, 15) is 10.0 Å². The predicted octanol–water partition coefficient (Wildman–Crippen LogP) is 2.53. The lowest BCUT2D eigenvalue weighted by atomic mass is 10.2. The van der Waals surface area contributed by atoms with E-state index >= 15 is 0 Å². The van der Waals surface area contributed by atoms with Crippen molar-refractivity contribution >= 4 is 46.4 Å². The first-order valence-corrected chi connectivity index (χ1v) is 7.08. The van der Waals surface area contributed by atoms with Crippen LogP contribution in [0.15, 0.2) is 46.1 Å². The predicted molar refractivity (Wildman–Crippen MR) is 84.5 cm³/mol. The van der Waals surface area contributed by atoms with E-state index in [1.807, 2.05) is 0 Å². The van der Waals surface area contributed by atoms with Crippen LogP contribution in [0.3, 0.4) is 0 Å². The first kappa shape index (κ1) is 15.3. The zero-order valence-corrected chi connectivity index (χ0v) is 12.9. The monoisotopic (exact) mass is 350 g/mol. The molecule has 0 aliphatic heterocycles. The average molecular weight is 351 g/mol. The number of carbonyl (C=O) groups excluding carboxylic acids is 1. The molecule has 0 atom stereocenters. The summed E-state index contributed by atoms with van der Waals surface area (Å²) >= 11 is 11.7. The Morgan fingerprint density at radius 3 is 2.91 bits per heavy atom. The van der Waals surface area contributed by atoms with Gasteiger partial charge in [0.15, 0.2) is 0 Å². The summed E-state index contributed by atoms with van der Waals surface area (Å²) in [5.41, 5.74) is 3.93. The van der Waals surface area contributed by atoms with Crippen LogP contribution in [0.4, 0.5) is 0 Å². The summed E-state index contributed by atoms with van der Waals surface area (Å²) in [5.74, 6) is -0.470. The summed E-state index contributed by atoms with van der Waals surface area (Å²) in [6.45, 7) is 0. The second kappa shape index (κ2) is 6.23. The molecule has 7 nitrogen and oxygen atoms in total. The van der Waals surface area contributed by atoms with Crippen molar-refractivity contribution in [1.29, 1.82) is 0 Å². The van der Waals surface area contributed by atoms with E-state index in [0.717, 1.165) is 0 Å². The molecule has 0 aliphatic rings. The normalized spacial score (nSPS) is 11.2.